The summed E-state index contributed by atoms with van der Waals surface area (Å²) in [5.41, 5.74) is 0. The lowest BCUT2D eigenvalue weighted by Gasteiger charge is -2.15. The fourth-order valence-corrected chi connectivity index (χ4v) is 1.84. The van der Waals surface area contributed by atoms with E-state index in [2.05, 4.69) is 27.2 Å². The largest absolute Gasteiger partial charge is 0.366 e. The Morgan fingerprint density at radius 3 is 2.94 bits per heavy atom. The molecule has 0 radical (unpaired) electrons. The molecule has 0 aliphatic rings. The van der Waals surface area contributed by atoms with Crippen LogP contribution < -0.4 is 5.32 Å². The zero-order chi connectivity index (χ0) is 12.3. The maximum absolute atomic E-state index is 5.87. The predicted molar refractivity (Wildman–Crippen MR) is 67.1 cm³/mol. The zero-order valence-electron chi connectivity index (χ0n) is 9.76. The van der Waals surface area contributed by atoms with E-state index < -0.39 is 0 Å². The summed E-state index contributed by atoms with van der Waals surface area (Å²) in [4.78, 5) is 12.3. The lowest BCUT2D eigenvalue weighted by atomic mass is 10.3. The van der Waals surface area contributed by atoms with Crippen LogP contribution in [0.15, 0.2) is 24.8 Å². The van der Waals surface area contributed by atoms with Crippen LogP contribution in [0.5, 0.6) is 0 Å². The van der Waals surface area contributed by atoms with Crippen LogP contribution >= 0.6 is 11.6 Å². The van der Waals surface area contributed by atoms with Gasteiger partial charge >= 0.3 is 0 Å². The van der Waals surface area contributed by atoms with Crippen molar-refractivity contribution in [3.63, 3.8) is 0 Å². The van der Waals surface area contributed by atoms with Crippen LogP contribution in [-0.4, -0.2) is 25.6 Å². The Morgan fingerprint density at radius 2 is 2.29 bits per heavy atom. The molecular weight excluding hydrogens is 238 g/mol. The fourth-order valence-electron chi connectivity index (χ4n) is 1.61. The summed E-state index contributed by atoms with van der Waals surface area (Å²) in [5, 5.41) is 3.73. The van der Waals surface area contributed by atoms with Crippen LogP contribution in [0, 0.1) is 6.92 Å². The van der Waals surface area contributed by atoms with Gasteiger partial charge in [0.15, 0.2) is 0 Å². The first-order valence-corrected chi connectivity index (χ1v) is 5.75. The van der Waals surface area contributed by atoms with E-state index in [-0.39, 0.29) is 6.04 Å². The SMILES string of the molecule is Cc1nc(Cl)cc(NC(C)Cn2ccnc2)n1. The van der Waals surface area contributed by atoms with E-state index in [1.165, 1.54) is 0 Å². The second-order valence-electron chi connectivity index (χ2n) is 3.93. The molecular formula is C11H14ClN5. The van der Waals surface area contributed by atoms with Gasteiger partial charge in [-0.2, -0.15) is 0 Å². The topological polar surface area (TPSA) is 55.6 Å². The maximum atomic E-state index is 5.87. The van der Waals surface area contributed by atoms with Gasteiger partial charge in [-0.05, 0) is 13.8 Å². The number of nitrogens with zero attached hydrogens (tertiary/aromatic N) is 4. The molecule has 1 N–H and O–H groups in total. The number of anilines is 1. The van der Waals surface area contributed by atoms with Crippen molar-refractivity contribution in [3.05, 3.63) is 35.8 Å². The van der Waals surface area contributed by atoms with Crippen molar-refractivity contribution in [2.24, 2.45) is 0 Å². The van der Waals surface area contributed by atoms with E-state index in [1.54, 1.807) is 18.6 Å². The number of hydrogen-bond acceptors (Lipinski definition) is 4. The molecule has 5 nitrogen and oxygen atoms in total. The van der Waals surface area contributed by atoms with E-state index >= 15 is 0 Å². The van der Waals surface area contributed by atoms with E-state index in [1.807, 2.05) is 17.7 Å². The average molecular weight is 252 g/mol. The molecule has 1 atom stereocenters. The van der Waals surface area contributed by atoms with Crippen LogP contribution in [0.1, 0.15) is 12.7 Å². The van der Waals surface area contributed by atoms with Crippen LogP contribution in [0.4, 0.5) is 5.82 Å². The molecule has 2 heterocycles. The van der Waals surface area contributed by atoms with Crippen molar-refractivity contribution >= 4 is 17.4 Å². The van der Waals surface area contributed by atoms with Gasteiger partial charge in [0.2, 0.25) is 0 Å². The molecule has 17 heavy (non-hydrogen) atoms. The Kier molecular flexibility index (Phi) is 3.58. The van der Waals surface area contributed by atoms with Gasteiger partial charge in [0.25, 0.3) is 0 Å². The second kappa shape index (κ2) is 5.14. The summed E-state index contributed by atoms with van der Waals surface area (Å²) in [5.74, 6) is 1.41. The Bertz CT molecular complexity index is 462. The van der Waals surface area contributed by atoms with Crippen LogP contribution in [0.25, 0.3) is 0 Å². The zero-order valence-corrected chi connectivity index (χ0v) is 10.5. The molecule has 6 heteroatoms. The Morgan fingerprint density at radius 1 is 1.47 bits per heavy atom. The summed E-state index contributed by atoms with van der Waals surface area (Å²) < 4.78 is 2.01. The molecule has 0 aliphatic carbocycles. The third kappa shape index (κ3) is 3.42. The van der Waals surface area contributed by atoms with Crippen LogP contribution in [-0.2, 0) is 6.54 Å². The first kappa shape index (κ1) is 11.9. The van der Waals surface area contributed by atoms with E-state index in [9.17, 15) is 0 Å². The van der Waals surface area contributed by atoms with Gasteiger partial charge in [0.05, 0.1) is 6.33 Å². The number of halogens is 1. The van der Waals surface area contributed by atoms with Crippen molar-refractivity contribution in [2.75, 3.05) is 5.32 Å². The van der Waals surface area contributed by atoms with Crippen molar-refractivity contribution in [2.45, 2.75) is 26.4 Å². The number of nitrogens with one attached hydrogen (secondary N) is 1. The van der Waals surface area contributed by atoms with Crippen molar-refractivity contribution in [1.29, 1.82) is 0 Å². The van der Waals surface area contributed by atoms with Crippen LogP contribution in [0.2, 0.25) is 5.15 Å². The Hall–Kier alpha value is -1.62. The standard InChI is InChI=1S/C11H14ClN5/c1-8(6-17-4-3-13-7-17)14-11-5-10(12)15-9(2)16-11/h3-5,7-8H,6H2,1-2H3,(H,14,15,16). The average Bonchev–Trinajstić information content (AvgIpc) is 2.67. The number of aromatic nitrogens is 4. The van der Waals surface area contributed by atoms with E-state index in [0.717, 1.165) is 12.4 Å². The molecule has 0 aromatic carbocycles. The minimum absolute atomic E-state index is 0.231. The second-order valence-corrected chi connectivity index (χ2v) is 4.32. The molecule has 0 bridgehead atoms. The number of hydrogen-bond donors (Lipinski definition) is 1. The van der Waals surface area contributed by atoms with Gasteiger partial charge in [-0.1, -0.05) is 11.6 Å². The highest BCUT2D eigenvalue weighted by Gasteiger charge is 2.05. The lowest BCUT2D eigenvalue weighted by Crippen LogP contribution is -2.22. The van der Waals surface area contributed by atoms with E-state index in [0.29, 0.717) is 11.0 Å². The molecule has 0 amide bonds. The minimum atomic E-state index is 0.231. The number of imidazole rings is 1. The van der Waals surface area contributed by atoms with Crippen molar-refractivity contribution in [3.8, 4) is 0 Å². The quantitative estimate of drug-likeness (QED) is 0.846. The third-order valence-electron chi connectivity index (χ3n) is 2.24. The van der Waals surface area contributed by atoms with Crippen molar-refractivity contribution < 1.29 is 0 Å². The van der Waals surface area contributed by atoms with Gasteiger partial charge in [-0.3, -0.25) is 0 Å². The first-order valence-electron chi connectivity index (χ1n) is 5.37. The maximum Gasteiger partial charge on any atom is 0.134 e. The molecule has 1 unspecified atom stereocenters. The van der Waals surface area contributed by atoms with Gasteiger partial charge in [-0.25, -0.2) is 15.0 Å². The Labute approximate surface area is 105 Å². The highest BCUT2D eigenvalue weighted by molar-refractivity contribution is 6.29. The number of rotatable bonds is 4. The molecule has 0 saturated heterocycles. The minimum Gasteiger partial charge on any atom is -0.366 e. The van der Waals surface area contributed by atoms with Gasteiger partial charge < -0.3 is 9.88 Å². The monoisotopic (exact) mass is 251 g/mol. The molecule has 90 valence electrons. The first-order chi connectivity index (χ1) is 8.13. The molecule has 0 saturated carbocycles. The Balaban J connectivity index is 2.00. The van der Waals surface area contributed by atoms with Crippen molar-refractivity contribution in [1.82, 2.24) is 19.5 Å². The fraction of sp³-hybridized carbons (Fsp3) is 0.364. The molecule has 0 fully saturated rings. The van der Waals surface area contributed by atoms with Crippen LogP contribution in [0.3, 0.4) is 0 Å². The molecule has 2 rings (SSSR count). The number of aryl methyl sites for hydroxylation is 1. The highest BCUT2D eigenvalue weighted by atomic mass is 35.5. The molecule has 2 aromatic heterocycles. The normalized spacial score (nSPS) is 12.4. The molecule has 0 spiro atoms. The summed E-state index contributed by atoms with van der Waals surface area (Å²) in [6.45, 7) is 4.71. The predicted octanol–water partition coefficient (Wildman–Crippen LogP) is 2.14. The lowest BCUT2D eigenvalue weighted by molar-refractivity contribution is 0.616. The highest BCUT2D eigenvalue weighted by Crippen LogP contribution is 2.12. The molecule has 2 aromatic rings. The summed E-state index contributed by atoms with van der Waals surface area (Å²) >= 11 is 5.87. The molecule has 0 aliphatic heterocycles. The third-order valence-corrected chi connectivity index (χ3v) is 2.44. The smallest absolute Gasteiger partial charge is 0.134 e. The summed E-state index contributed by atoms with van der Waals surface area (Å²) in [6, 6.07) is 1.95. The van der Waals surface area contributed by atoms with Gasteiger partial charge in [0, 0.05) is 31.0 Å². The van der Waals surface area contributed by atoms with E-state index in [4.69, 9.17) is 11.6 Å². The summed E-state index contributed by atoms with van der Waals surface area (Å²) in [7, 11) is 0. The van der Waals surface area contributed by atoms with Gasteiger partial charge in [0.1, 0.15) is 16.8 Å². The van der Waals surface area contributed by atoms with Gasteiger partial charge in [-0.15, -0.1) is 0 Å². The summed E-state index contributed by atoms with van der Waals surface area (Å²) in [6.07, 6.45) is 5.48.